The highest BCUT2D eigenvalue weighted by Gasteiger charge is 2.36. The van der Waals surface area contributed by atoms with Gasteiger partial charge in [0.25, 0.3) is 6.43 Å². The predicted molar refractivity (Wildman–Crippen MR) is 143 cm³/mol. The Balaban J connectivity index is 1.29. The van der Waals surface area contributed by atoms with Gasteiger partial charge in [-0.25, -0.2) is 13.8 Å². The van der Waals surface area contributed by atoms with Crippen LogP contribution >= 0.6 is 15.9 Å². The summed E-state index contributed by atoms with van der Waals surface area (Å²) < 4.78 is 35.1. The molecule has 1 amide bonds. The van der Waals surface area contributed by atoms with Crippen LogP contribution in [-0.2, 0) is 9.53 Å². The lowest BCUT2D eigenvalue weighted by Crippen LogP contribution is -2.42. The molecule has 4 heterocycles. The molecule has 1 atom stereocenters. The molecule has 0 spiro atoms. The Labute approximate surface area is 227 Å². The number of imidazole rings is 1. The summed E-state index contributed by atoms with van der Waals surface area (Å²) >= 11 is 3.47. The first-order valence-electron chi connectivity index (χ1n) is 13.2. The van der Waals surface area contributed by atoms with E-state index in [1.54, 1.807) is 30.3 Å². The minimum Gasteiger partial charge on any atom is -0.378 e. The van der Waals surface area contributed by atoms with Gasteiger partial charge in [0.2, 0.25) is 11.9 Å². The van der Waals surface area contributed by atoms with Crippen molar-refractivity contribution in [3.8, 4) is 5.82 Å². The Morgan fingerprint density at radius 3 is 2.42 bits per heavy atom. The van der Waals surface area contributed by atoms with Gasteiger partial charge in [-0.15, -0.1) is 0 Å². The van der Waals surface area contributed by atoms with Crippen molar-refractivity contribution in [2.24, 2.45) is 0 Å². The van der Waals surface area contributed by atoms with Gasteiger partial charge in [-0.1, -0.05) is 28.1 Å². The second-order valence-corrected chi connectivity index (χ2v) is 11.1. The van der Waals surface area contributed by atoms with Crippen molar-refractivity contribution >= 4 is 44.6 Å². The second-order valence-electron chi connectivity index (χ2n) is 10.0. The Bertz CT molecular complexity index is 1310. The zero-order valence-electron chi connectivity index (χ0n) is 20.9. The van der Waals surface area contributed by atoms with Crippen LogP contribution in [0.1, 0.15) is 44.4 Å². The van der Waals surface area contributed by atoms with E-state index in [1.165, 1.54) is 4.57 Å². The number of anilines is 2. The largest absolute Gasteiger partial charge is 0.378 e. The molecular formula is C26H30BrF2N7O2. The number of nitrogens with zero attached hydrogens (tertiary/aromatic N) is 6. The normalized spacial score (nSPS) is 24.5. The topological polar surface area (TPSA) is 88.4 Å². The fourth-order valence-electron chi connectivity index (χ4n) is 5.73. The molecule has 1 saturated carbocycles. The average Bonchev–Trinajstić information content (AvgIpc) is 3.50. The number of carbonyl (C=O) groups excluding carboxylic acids is 1. The Kier molecular flexibility index (Phi) is 7.17. The number of nitrogens with one attached hydrogen (secondary N) is 1. The number of amides is 1. The molecule has 3 aromatic rings. The van der Waals surface area contributed by atoms with Crippen molar-refractivity contribution in [2.75, 3.05) is 43.1 Å². The third-order valence-corrected chi connectivity index (χ3v) is 8.54. The molecule has 1 N–H and O–H groups in total. The molecule has 2 saturated heterocycles. The fourth-order valence-corrected chi connectivity index (χ4v) is 6.20. The highest BCUT2D eigenvalue weighted by Crippen LogP contribution is 2.32. The van der Waals surface area contributed by atoms with Gasteiger partial charge < -0.3 is 19.9 Å². The maximum absolute atomic E-state index is 14.1. The van der Waals surface area contributed by atoms with Crippen LogP contribution in [0.4, 0.5) is 20.5 Å². The van der Waals surface area contributed by atoms with Crippen LogP contribution in [-0.4, -0.2) is 80.1 Å². The molecule has 6 rings (SSSR count). The van der Waals surface area contributed by atoms with E-state index in [9.17, 15) is 13.6 Å². The predicted octanol–water partition coefficient (Wildman–Crippen LogP) is 4.31. The van der Waals surface area contributed by atoms with Crippen LogP contribution in [0.5, 0.6) is 0 Å². The summed E-state index contributed by atoms with van der Waals surface area (Å²) in [6.45, 7) is 3.27. The molecule has 1 aliphatic carbocycles. The summed E-state index contributed by atoms with van der Waals surface area (Å²) in [5, 5.41) is 3.48. The lowest BCUT2D eigenvalue weighted by atomic mass is 9.90. The summed E-state index contributed by atoms with van der Waals surface area (Å²) in [5.41, 5.74) is 1.06. The van der Waals surface area contributed by atoms with Crippen molar-refractivity contribution in [3.05, 3.63) is 36.2 Å². The van der Waals surface area contributed by atoms with Crippen LogP contribution in [0.25, 0.3) is 16.9 Å². The van der Waals surface area contributed by atoms with Crippen molar-refractivity contribution in [1.29, 1.82) is 0 Å². The lowest BCUT2D eigenvalue weighted by molar-refractivity contribution is -0.129. The molecule has 0 bridgehead atoms. The van der Waals surface area contributed by atoms with Gasteiger partial charge in [0.15, 0.2) is 5.82 Å². The van der Waals surface area contributed by atoms with Gasteiger partial charge >= 0.3 is 0 Å². The minimum absolute atomic E-state index is 0.0644. The van der Waals surface area contributed by atoms with Crippen molar-refractivity contribution < 1.29 is 18.3 Å². The Hall–Kier alpha value is -2.86. The summed E-state index contributed by atoms with van der Waals surface area (Å²) in [6.07, 6.45) is 1.65. The number of likely N-dealkylation sites (tertiary alicyclic amines) is 1. The standard InChI is InChI=1S/C26H30BrF2N7O2/c27-18-9-10-35(25(18)37)17-7-5-16(6-8-17)30-26-32-21(34-11-13-38-14-12-34)15-22(33-26)36-20-4-2-1-3-19(20)31-24(36)23(28)29/h1-4,15-18,23H,5-14H2,(H,30,32,33). The first kappa shape index (κ1) is 25.4. The smallest absolute Gasteiger partial charge is 0.296 e. The van der Waals surface area contributed by atoms with Crippen LogP contribution < -0.4 is 10.2 Å². The average molecular weight is 590 g/mol. The van der Waals surface area contributed by atoms with E-state index in [0.29, 0.717) is 54.9 Å². The number of carbonyl (C=O) groups is 1. The van der Waals surface area contributed by atoms with Crippen LogP contribution in [0.3, 0.4) is 0 Å². The van der Waals surface area contributed by atoms with Crippen LogP contribution in [0, 0.1) is 0 Å². The Morgan fingerprint density at radius 2 is 1.71 bits per heavy atom. The maximum atomic E-state index is 14.1. The summed E-state index contributed by atoms with van der Waals surface area (Å²) in [6, 6.07) is 9.23. The molecular weight excluding hydrogens is 560 g/mol. The van der Waals surface area contributed by atoms with Gasteiger partial charge in [-0.2, -0.15) is 9.97 Å². The van der Waals surface area contributed by atoms with Gasteiger partial charge in [-0.3, -0.25) is 9.36 Å². The SMILES string of the molecule is O=C1C(Br)CCN1C1CCC(Nc2nc(N3CCOCC3)cc(-n3c(C(F)F)nc4ccccc43)n2)CC1. The molecule has 1 unspecified atom stereocenters. The highest BCUT2D eigenvalue weighted by atomic mass is 79.9. The Morgan fingerprint density at radius 1 is 0.974 bits per heavy atom. The number of rotatable bonds is 6. The number of halogens is 3. The number of ether oxygens (including phenoxy) is 1. The molecule has 1 aromatic carbocycles. The van der Waals surface area contributed by atoms with E-state index < -0.39 is 6.43 Å². The molecule has 0 radical (unpaired) electrons. The third kappa shape index (κ3) is 4.95. The summed E-state index contributed by atoms with van der Waals surface area (Å²) in [4.78, 5) is 30.2. The quantitative estimate of drug-likeness (QED) is 0.429. The summed E-state index contributed by atoms with van der Waals surface area (Å²) in [7, 11) is 0. The fraction of sp³-hybridized carbons (Fsp3) is 0.538. The first-order valence-corrected chi connectivity index (χ1v) is 14.1. The third-order valence-electron chi connectivity index (χ3n) is 7.69. The molecule has 202 valence electrons. The lowest BCUT2D eigenvalue weighted by Gasteiger charge is -2.35. The van der Waals surface area contributed by atoms with Gasteiger partial charge in [0, 0.05) is 37.8 Å². The van der Waals surface area contributed by atoms with E-state index in [1.807, 2.05) is 4.90 Å². The van der Waals surface area contributed by atoms with Crippen molar-refractivity contribution in [1.82, 2.24) is 24.4 Å². The van der Waals surface area contributed by atoms with Gasteiger partial charge in [0.05, 0.1) is 29.1 Å². The molecule has 2 aliphatic heterocycles. The van der Waals surface area contributed by atoms with E-state index in [-0.39, 0.29) is 28.6 Å². The number of hydrogen-bond acceptors (Lipinski definition) is 7. The van der Waals surface area contributed by atoms with Gasteiger partial charge in [-0.05, 0) is 44.2 Å². The number of alkyl halides is 3. The number of morpholine rings is 1. The first-order chi connectivity index (χ1) is 18.5. The maximum Gasteiger partial charge on any atom is 0.296 e. The van der Waals surface area contributed by atoms with Crippen molar-refractivity contribution in [3.63, 3.8) is 0 Å². The molecule has 3 aliphatic rings. The zero-order chi connectivity index (χ0) is 26.2. The van der Waals surface area contributed by atoms with Crippen LogP contribution in [0.15, 0.2) is 30.3 Å². The van der Waals surface area contributed by atoms with Crippen LogP contribution in [0.2, 0.25) is 0 Å². The number of fused-ring (bicyclic) bond motifs is 1. The zero-order valence-corrected chi connectivity index (χ0v) is 22.5. The number of para-hydroxylation sites is 2. The van der Waals surface area contributed by atoms with E-state index >= 15 is 0 Å². The summed E-state index contributed by atoms with van der Waals surface area (Å²) in [5.74, 6) is 1.27. The monoisotopic (exact) mass is 589 g/mol. The molecule has 2 aromatic heterocycles. The molecule has 12 heteroatoms. The molecule has 9 nitrogen and oxygen atoms in total. The molecule has 3 fully saturated rings. The molecule has 38 heavy (non-hydrogen) atoms. The minimum atomic E-state index is -2.76. The van der Waals surface area contributed by atoms with Gasteiger partial charge in [0.1, 0.15) is 11.6 Å². The van der Waals surface area contributed by atoms with Crippen molar-refractivity contribution in [2.45, 2.75) is 55.4 Å². The van der Waals surface area contributed by atoms with E-state index in [4.69, 9.17) is 14.7 Å². The number of hydrogen-bond donors (Lipinski definition) is 1. The van der Waals surface area contributed by atoms with E-state index in [2.05, 4.69) is 31.1 Å². The highest BCUT2D eigenvalue weighted by molar-refractivity contribution is 9.10. The second kappa shape index (κ2) is 10.7. The van der Waals surface area contributed by atoms with E-state index in [0.717, 1.165) is 38.6 Å². The number of benzene rings is 1. The number of aromatic nitrogens is 4.